The first-order chi connectivity index (χ1) is 66.1. The standard InChI is InChI=1S/C54H34O.C37H24O.C36H28O/c1-3-15-35(16-4-1)38-29-31-41(36-17-5-2-6-18-36)49(33-38)47-27-14-28-48-50-34-39(30-32-51(50)55-54(47)48)52-43-22-9-11-24-45(43)53(46-25-12-10-23-44(46)52)42-26-13-20-37-19-7-8-21-40(37)42;1-23-9-8-16-32-33-22-27(19-20-34(33)38-37(23)32)36-30-14-6-4-12-28(30)35(29-13-5-7-15-31(29)36)26-18-17-24-10-2-3-11-25(24)21-26;1-36(2,3)31-19-11-18-29-30-22-24(20-21-32(30)37-35(29)31)34-27-16-9-7-14-25(27)33(23-12-5-4-6-13-23)26-15-8-10-17-28(26)34/h1-34H;2-22H,1H3;4-22H,1-3H3/i;;4D,5D,6D,12D,13D. The van der Waals surface area contributed by atoms with Crippen molar-refractivity contribution in [1.82, 2.24) is 0 Å². The van der Waals surface area contributed by atoms with Gasteiger partial charge < -0.3 is 13.3 Å². The van der Waals surface area contributed by atoms with Crippen LogP contribution < -0.4 is 0 Å². The summed E-state index contributed by atoms with van der Waals surface area (Å²) in [6, 6.07) is 148. The third-order valence-electron chi connectivity index (χ3n) is 26.5. The van der Waals surface area contributed by atoms with E-state index < -0.39 is 6.04 Å². The summed E-state index contributed by atoms with van der Waals surface area (Å²) in [5, 5.41) is 25.3. The minimum atomic E-state index is -0.394. The van der Waals surface area contributed by atoms with Crippen LogP contribution >= 0.6 is 0 Å². The van der Waals surface area contributed by atoms with E-state index in [1.165, 1.54) is 137 Å². The lowest BCUT2D eigenvalue weighted by Crippen LogP contribution is -2.10. The molecule has 0 saturated heterocycles. The highest BCUT2D eigenvalue weighted by atomic mass is 16.3. The molecule has 26 rings (SSSR count). The van der Waals surface area contributed by atoms with Crippen LogP contribution in [-0.2, 0) is 5.41 Å². The Morgan fingerprint density at radius 3 is 1.04 bits per heavy atom. The second-order valence-corrected chi connectivity index (χ2v) is 35.1. The molecule has 0 amide bonds. The molecule has 23 aromatic carbocycles. The van der Waals surface area contributed by atoms with Crippen LogP contribution in [0.1, 0.15) is 38.8 Å². The number of para-hydroxylation sites is 3. The molecule has 0 bridgehead atoms. The minimum absolute atomic E-state index is 0.0676. The molecule has 0 aliphatic carbocycles. The van der Waals surface area contributed by atoms with E-state index >= 15 is 0 Å². The van der Waals surface area contributed by atoms with Gasteiger partial charge in [-0.15, -0.1) is 0 Å². The van der Waals surface area contributed by atoms with Gasteiger partial charge in [-0.2, -0.15) is 0 Å². The first-order valence-corrected chi connectivity index (χ1v) is 44.6. The van der Waals surface area contributed by atoms with Gasteiger partial charge in [0.15, 0.2) is 0 Å². The SMILES string of the molecule is Cc1cccc2c1oc1ccc(-c3c4ccccc4c(-c4ccc5ccccc5c4)c4ccccc34)cc12.[2H]c1c([2H])c([2H])c(-c2c3ccccc3c(-c3ccc4oc5c(C(C)(C)C)cccc5c4c3)c3ccccc23)c([2H])c1[2H].c1ccc(-c2ccc(-c3ccccc3)c(-c3cccc4c3oc3ccc(-c5c6ccccc6c(-c6cccc7ccccc67)c6ccccc56)cc34)c2)cc1. The van der Waals surface area contributed by atoms with Crippen molar-refractivity contribution in [2.75, 3.05) is 0 Å². The number of hydrogen-bond acceptors (Lipinski definition) is 3. The van der Waals surface area contributed by atoms with Crippen molar-refractivity contribution < 1.29 is 20.1 Å². The zero-order valence-corrected chi connectivity index (χ0v) is 72.1. The summed E-state index contributed by atoms with van der Waals surface area (Å²) in [5.74, 6) is 0. The zero-order chi connectivity index (χ0) is 91.0. The van der Waals surface area contributed by atoms with Crippen molar-refractivity contribution >= 4 is 152 Å². The van der Waals surface area contributed by atoms with Crippen LogP contribution in [0.4, 0.5) is 0 Å². The summed E-state index contributed by atoms with van der Waals surface area (Å²) in [5.41, 5.74) is 27.5. The molecule has 0 atom stereocenters. The Labute approximate surface area is 760 Å². The first-order valence-electron chi connectivity index (χ1n) is 47.1. The molecule has 3 nitrogen and oxygen atoms in total. The predicted octanol–water partition coefficient (Wildman–Crippen LogP) is 36.6. The van der Waals surface area contributed by atoms with Gasteiger partial charge in [-0.3, -0.25) is 0 Å². The largest absolute Gasteiger partial charge is 0.456 e. The molecule has 0 fully saturated rings. The van der Waals surface area contributed by atoms with Crippen LogP contribution in [0.15, 0.2) is 462 Å². The monoisotopic (exact) mass is 1660 g/mol. The van der Waals surface area contributed by atoms with Gasteiger partial charge in [0.25, 0.3) is 0 Å². The highest BCUT2D eigenvalue weighted by molar-refractivity contribution is 6.27. The maximum absolute atomic E-state index is 8.77. The molecule has 3 aromatic heterocycles. The smallest absolute Gasteiger partial charge is 0.143 e. The number of rotatable bonds is 9. The van der Waals surface area contributed by atoms with Crippen molar-refractivity contribution in [2.24, 2.45) is 0 Å². The zero-order valence-electron chi connectivity index (χ0n) is 77.1. The molecule has 612 valence electrons. The second kappa shape index (κ2) is 31.6. The number of fused-ring (bicyclic) bond motifs is 17. The molecule has 0 unspecified atom stereocenters. The third-order valence-corrected chi connectivity index (χ3v) is 26.5. The molecule has 3 heteroatoms. The van der Waals surface area contributed by atoms with Crippen molar-refractivity contribution in [1.29, 1.82) is 0 Å². The van der Waals surface area contributed by atoms with Gasteiger partial charge in [0, 0.05) is 43.4 Å². The number of benzene rings is 23. The average Bonchev–Trinajstić information content (AvgIpc) is 1.68. The summed E-state index contributed by atoms with van der Waals surface area (Å²) in [6.07, 6.45) is 0. The number of aryl methyl sites for hydroxylation is 1. The Morgan fingerprint density at radius 1 is 0.192 bits per heavy atom. The molecule has 26 aromatic rings. The highest BCUT2D eigenvalue weighted by Gasteiger charge is 2.27. The lowest BCUT2D eigenvalue weighted by Gasteiger charge is -2.18. The molecule has 130 heavy (non-hydrogen) atoms. The maximum atomic E-state index is 8.77. The topological polar surface area (TPSA) is 39.4 Å². The van der Waals surface area contributed by atoms with Crippen LogP contribution in [0.25, 0.3) is 252 Å². The van der Waals surface area contributed by atoms with Crippen LogP contribution in [0.2, 0.25) is 0 Å². The van der Waals surface area contributed by atoms with E-state index in [0.717, 1.165) is 115 Å². The van der Waals surface area contributed by atoms with Crippen molar-refractivity contribution in [3.8, 4) is 100 Å². The van der Waals surface area contributed by atoms with E-state index in [1.807, 2.05) is 54.6 Å². The summed E-state index contributed by atoms with van der Waals surface area (Å²) >= 11 is 0. The first kappa shape index (κ1) is 71.8. The van der Waals surface area contributed by atoms with E-state index in [-0.39, 0.29) is 35.1 Å². The Morgan fingerprint density at radius 2 is 0.538 bits per heavy atom. The van der Waals surface area contributed by atoms with Crippen LogP contribution in [-0.4, -0.2) is 0 Å². The fraction of sp³-hybridized carbons (Fsp3) is 0.0394. The van der Waals surface area contributed by atoms with E-state index in [9.17, 15) is 0 Å². The number of hydrogen-bond donors (Lipinski definition) is 0. The summed E-state index contributed by atoms with van der Waals surface area (Å²) in [4.78, 5) is 0. The molecule has 0 N–H and O–H groups in total. The van der Waals surface area contributed by atoms with Gasteiger partial charge in [-0.1, -0.05) is 421 Å². The van der Waals surface area contributed by atoms with Crippen LogP contribution in [0, 0.1) is 6.92 Å². The van der Waals surface area contributed by atoms with E-state index in [1.54, 1.807) is 0 Å². The Bertz CT molecular complexity index is 9170. The molecule has 0 aliphatic heterocycles. The second-order valence-electron chi connectivity index (χ2n) is 35.1. The minimum Gasteiger partial charge on any atom is -0.456 e. The molecule has 0 radical (unpaired) electrons. The van der Waals surface area contributed by atoms with E-state index in [0.29, 0.717) is 5.56 Å². The predicted molar refractivity (Wildman–Crippen MR) is 554 cm³/mol. The fourth-order valence-electron chi connectivity index (χ4n) is 20.6. The summed E-state index contributed by atoms with van der Waals surface area (Å²) in [6.45, 7) is 8.68. The van der Waals surface area contributed by atoms with Gasteiger partial charge in [0.1, 0.15) is 33.5 Å². The molecule has 0 saturated carbocycles. The molecule has 0 spiro atoms. The molecular weight excluding hydrogens is 1570 g/mol. The van der Waals surface area contributed by atoms with Gasteiger partial charge in [-0.05, 0) is 247 Å². The number of furan rings is 3. The summed E-state index contributed by atoms with van der Waals surface area (Å²) < 4.78 is 61.9. The normalized spacial score (nSPS) is 12.4. The van der Waals surface area contributed by atoms with Crippen LogP contribution in [0.5, 0.6) is 0 Å². The van der Waals surface area contributed by atoms with Crippen molar-refractivity contribution in [2.45, 2.75) is 33.1 Å². The van der Waals surface area contributed by atoms with Crippen molar-refractivity contribution in [3.63, 3.8) is 0 Å². The lowest BCUT2D eigenvalue weighted by atomic mass is 9.84. The van der Waals surface area contributed by atoms with Crippen LogP contribution in [0.3, 0.4) is 0 Å². The molecule has 0 aliphatic rings. The Kier molecular flexibility index (Phi) is 17.4. The fourth-order valence-corrected chi connectivity index (χ4v) is 20.6. The van der Waals surface area contributed by atoms with Gasteiger partial charge >= 0.3 is 0 Å². The van der Waals surface area contributed by atoms with Gasteiger partial charge in [-0.25, -0.2) is 0 Å². The van der Waals surface area contributed by atoms with Gasteiger partial charge in [0.2, 0.25) is 0 Å². The molecule has 3 heterocycles. The van der Waals surface area contributed by atoms with Crippen molar-refractivity contribution in [3.05, 3.63) is 460 Å². The van der Waals surface area contributed by atoms with E-state index in [2.05, 4.69) is 392 Å². The average molecular weight is 1670 g/mol. The quantitative estimate of drug-likeness (QED) is 0.135. The molecular formula is C127H86O3. The Hall–Kier alpha value is -16.5. The van der Waals surface area contributed by atoms with E-state index in [4.69, 9.17) is 20.1 Å². The highest BCUT2D eigenvalue weighted by Crippen LogP contribution is 2.52. The lowest BCUT2D eigenvalue weighted by molar-refractivity contribution is 0.573. The van der Waals surface area contributed by atoms with Gasteiger partial charge in [0.05, 0.1) is 6.85 Å². The maximum Gasteiger partial charge on any atom is 0.143 e. The summed E-state index contributed by atoms with van der Waals surface area (Å²) in [7, 11) is 0. The Balaban J connectivity index is 0.000000113. The third kappa shape index (κ3) is 13.1.